The number of hydrogen-bond acceptors (Lipinski definition) is 7. The lowest BCUT2D eigenvalue weighted by molar-refractivity contribution is -0.113. The summed E-state index contributed by atoms with van der Waals surface area (Å²) in [7, 11) is -3.87. The molecular weight excluding hydrogens is 374 g/mol. The highest BCUT2D eigenvalue weighted by molar-refractivity contribution is 7.99. The van der Waals surface area contributed by atoms with Crippen molar-refractivity contribution in [3.8, 4) is 0 Å². The number of anilines is 2. The predicted molar refractivity (Wildman–Crippen MR) is 103 cm³/mol. The molecule has 8 nitrogen and oxygen atoms in total. The second-order valence-corrected chi connectivity index (χ2v) is 7.77. The first kappa shape index (κ1) is 20.1. The number of nitrogens with one attached hydrogen (secondary N) is 1. The topological polar surface area (TPSA) is 118 Å². The fourth-order valence-corrected chi connectivity index (χ4v) is 3.45. The van der Waals surface area contributed by atoms with E-state index in [1.54, 1.807) is 24.5 Å². The van der Waals surface area contributed by atoms with Crippen LogP contribution < -0.4 is 15.4 Å². The molecular formula is C16H21N5O3S2. The maximum Gasteiger partial charge on any atom is 0.238 e. The molecule has 0 aliphatic carbocycles. The van der Waals surface area contributed by atoms with Crippen molar-refractivity contribution in [3.63, 3.8) is 0 Å². The second-order valence-electron chi connectivity index (χ2n) is 5.26. The lowest BCUT2D eigenvalue weighted by Crippen LogP contribution is -2.25. The van der Waals surface area contributed by atoms with Crippen molar-refractivity contribution in [1.82, 2.24) is 9.97 Å². The van der Waals surface area contributed by atoms with Crippen molar-refractivity contribution in [1.29, 1.82) is 0 Å². The van der Waals surface area contributed by atoms with Gasteiger partial charge in [-0.2, -0.15) is 0 Å². The third kappa shape index (κ3) is 5.41. The minimum absolute atomic E-state index is 0.0530. The molecule has 0 fully saturated rings. The average molecular weight is 396 g/mol. The number of rotatable bonds is 8. The lowest BCUT2D eigenvalue weighted by atomic mass is 10.2. The molecule has 10 heteroatoms. The van der Waals surface area contributed by atoms with Crippen LogP contribution in [0, 0.1) is 0 Å². The zero-order valence-corrected chi connectivity index (χ0v) is 16.2. The van der Waals surface area contributed by atoms with E-state index in [0.29, 0.717) is 23.9 Å². The fraction of sp³-hybridized carbons (Fsp3) is 0.312. The van der Waals surface area contributed by atoms with Crippen LogP contribution in [0.5, 0.6) is 0 Å². The van der Waals surface area contributed by atoms with Crippen LogP contribution in [0.15, 0.2) is 46.7 Å². The van der Waals surface area contributed by atoms with Crippen LogP contribution in [-0.4, -0.2) is 43.1 Å². The molecule has 0 spiro atoms. The maximum absolute atomic E-state index is 12.3. The molecule has 2 rings (SSSR count). The molecule has 0 saturated carbocycles. The van der Waals surface area contributed by atoms with Gasteiger partial charge in [0.15, 0.2) is 5.16 Å². The van der Waals surface area contributed by atoms with Gasteiger partial charge in [-0.25, -0.2) is 23.5 Å². The minimum atomic E-state index is -3.87. The van der Waals surface area contributed by atoms with Crippen LogP contribution in [0.25, 0.3) is 0 Å². The smallest absolute Gasteiger partial charge is 0.238 e. The van der Waals surface area contributed by atoms with Crippen molar-refractivity contribution in [2.75, 3.05) is 29.1 Å². The van der Waals surface area contributed by atoms with E-state index in [1.165, 1.54) is 23.9 Å². The number of amides is 1. The Morgan fingerprint density at radius 1 is 1.23 bits per heavy atom. The number of primary sulfonamides is 1. The molecule has 1 heterocycles. The molecule has 1 aromatic heterocycles. The number of nitrogens with zero attached hydrogens (tertiary/aromatic N) is 3. The summed E-state index contributed by atoms with van der Waals surface area (Å²) >= 11 is 1.19. The van der Waals surface area contributed by atoms with Gasteiger partial charge in [0.1, 0.15) is 0 Å². The predicted octanol–water partition coefficient (Wildman–Crippen LogP) is 1.70. The first-order valence-electron chi connectivity index (χ1n) is 7.96. The van der Waals surface area contributed by atoms with Gasteiger partial charge in [-0.05, 0) is 38.1 Å². The molecule has 3 N–H and O–H groups in total. The summed E-state index contributed by atoms with van der Waals surface area (Å²) in [6, 6.07) is 6.16. The van der Waals surface area contributed by atoms with Gasteiger partial charge in [0.05, 0.1) is 22.0 Å². The Bertz CT molecular complexity index is 855. The Morgan fingerprint density at radius 2 is 1.88 bits per heavy atom. The Balaban J connectivity index is 2.22. The standard InChI is InChI=1S/C16H21N5O3S2/c1-3-21(4-2)14-7-6-12(26(17,23)24)10-13(14)20-15(22)11-25-16-18-8-5-9-19-16/h5-10H,3-4,11H2,1-2H3,(H,20,22)(H2,17,23,24). The summed E-state index contributed by atoms with van der Waals surface area (Å²) in [6.07, 6.45) is 3.20. The summed E-state index contributed by atoms with van der Waals surface area (Å²) in [5.41, 5.74) is 1.14. The first-order valence-corrected chi connectivity index (χ1v) is 10.5. The number of thioether (sulfide) groups is 1. The number of benzene rings is 1. The highest BCUT2D eigenvalue weighted by atomic mass is 32.2. The number of nitrogens with two attached hydrogens (primary N) is 1. The van der Waals surface area contributed by atoms with E-state index in [-0.39, 0.29) is 16.6 Å². The van der Waals surface area contributed by atoms with Gasteiger partial charge in [0.2, 0.25) is 15.9 Å². The van der Waals surface area contributed by atoms with E-state index < -0.39 is 10.0 Å². The van der Waals surface area contributed by atoms with Crippen molar-refractivity contribution in [3.05, 3.63) is 36.7 Å². The Labute approximate surface area is 157 Å². The average Bonchev–Trinajstić information content (AvgIpc) is 2.62. The number of sulfonamides is 1. The molecule has 1 aromatic carbocycles. The molecule has 2 aromatic rings. The second kappa shape index (κ2) is 8.97. The van der Waals surface area contributed by atoms with Crippen molar-refractivity contribution < 1.29 is 13.2 Å². The van der Waals surface area contributed by atoms with Gasteiger partial charge < -0.3 is 10.2 Å². The molecule has 26 heavy (non-hydrogen) atoms. The van der Waals surface area contributed by atoms with E-state index in [4.69, 9.17) is 5.14 Å². The van der Waals surface area contributed by atoms with E-state index in [9.17, 15) is 13.2 Å². The van der Waals surface area contributed by atoms with Gasteiger partial charge in [-0.15, -0.1) is 0 Å². The third-order valence-electron chi connectivity index (χ3n) is 3.55. The zero-order valence-electron chi connectivity index (χ0n) is 14.5. The summed E-state index contributed by atoms with van der Waals surface area (Å²) in [6.45, 7) is 5.37. The Morgan fingerprint density at radius 3 is 2.46 bits per heavy atom. The normalized spacial score (nSPS) is 11.2. The number of carbonyl (C=O) groups excluding carboxylic acids is 1. The number of hydrogen-bond donors (Lipinski definition) is 2. The van der Waals surface area contributed by atoms with Crippen LogP contribution in [0.4, 0.5) is 11.4 Å². The monoisotopic (exact) mass is 395 g/mol. The molecule has 0 aliphatic rings. The molecule has 0 bridgehead atoms. The molecule has 0 radical (unpaired) electrons. The van der Waals surface area contributed by atoms with E-state index in [0.717, 1.165) is 5.69 Å². The van der Waals surface area contributed by atoms with Crippen molar-refractivity contribution in [2.24, 2.45) is 5.14 Å². The number of aromatic nitrogens is 2. The SMILES string of the molecule is CCN(CC)c1ccc(S(N)(=O)=O)cc1NC(=O)CSc1ncccn1. The quantitative estimate of drug-likeness (QED) is 0.516. The Hall–Kier alpha value is -2.17. The highest BCUT2D eigenvalue weighted by Gasteiger charge is 2.16. The molecule has 1 amide bonds. The van der Waals surface area contributed by atoms with Crippen molar-refractivity contribution >= 4 is 39.1 Å². The van der Waals surface area contributed by atoms with Crippen LogP contribution in [0.1, 0.15) is 13.8 Å². The number of carbonyl (C=O) groups is 1. The summed E-state index contributed by atoms with van der Waals surface area (Å²) < 4.78 is 23.3. The minimum Gasteiger partial charge on any atom is -0.370 e. The highest BCUT2D eigenvalue weighted by Crippen LogP contribution is 2.29. The van der Waals surface area contributed by atoms with Crippen LogP contribution in [-0.2, 0) is 14.8 Å². The first-order chi connectivity index (χ1) is 12.3. The lowest BCUT2D eigenvalue weighted by Gasteiger charge is -2.24. The molecule has 0 aliphatic heterocycles. The van der Waals surface area contributed by atoms with E-state index in [2.05, 4.69) is 15.3 Å². The van der Waals surface area contributed by atoms with Gasteiger partial charge >= 0.3 is 0 Å². The van der Waals surface area contributed by atoms with Gasteiger partial charge in [0, 0.05) is 25.5 Å². The van der Waals surface area contributed by atoms with Crippen LogP contribution in [0.3, 0.4) is 0 Å². The van der Waals surface area contributed by atoms with Gasteiger partial charge in [0.25, 0.3) is 0 Å². The largest absolute Gasteiger partial charge is 0.370 e. The summed E-state index contributed by atoms with van der Waals surface area (Å²) in [5.74, 6) is -0.191. The summed E-state index contributed by atoms with van der Waals surface area (Å²) in [4.78, 5) is 22.4. The maximum atomic E-state index is 12.3. The Kier molecular flexibility index (Phi) is 6.95. The molecule has 0 atom stereocenters. The van der Waals surface area contributed by atoms with Crippen LogP contribution in [0.2, 0.25) is 0 Å². The molecule has 0 unspecified atom stereocenters. The van der Waals surface area contributed by atoms with E-state index in [1.807, 2.05) is 18.7 Å². The third-order valence-corrected chi connectivity index (χ3v) is 5.34. The molecule has 140 valence electrons. The van der Waals surface area contributed by atoms with E-state index >= 15 is 0 Å². The van der Waals surface area contributed by atoms with Gasteiger partial charge in [-0.1, -0.05) is 11.8 Å². The molecule has 0 saturated heterocycles. The fourth-order valence-electron chi connectivity index (χ4n) is 2.31. The van der Waals surface area contributed by atoms with Crippen LogP contribution >= 0.6 is 11.8 Å². The van der Waals surface area contributed by atoms with Crippen molar-refractivity contribution in [2.45, 2.75) is 23.9 Å². The zero-order chi connectivity index (χ0) is 19.2. The summed E-state index contributed by atoms with van der Waals surface area (Å²) in [5, 5.41) is 8.46. The van der Waals surface area contributed by atoms with Gasteiger partial charge in [-0.3, -0.25) is 4.79 Å².